The lowest BCUT2D eigenvalue weighted by Crippen LogP contribution is -2.14. The van der Waals surface area contributed by atoms with E-state index in [0.717, 1.165) is 16.9 Å². The summed E-state index contributed by atoms with van der Waals surface area (Å²) in [6, 6.07) is 12.7. The molecule has 0 bridgehead atoms. The van der Waals surface area contributed by atoms with Gasteiger partial charge in [-0.2, -0.15) is 0 Å². The molecule has 152 valence electrons. The van der Waals surface area contributed by atoms with Gasteiger partial charge in [-0.05, 0) is 36.1 Å². The SMILES string of the molecule is COC(=O)c1sc2c(c1F)CCC(C(=O)c1ccc([N+](=O)[O-])cc1)c1ccccc1-2. The smallest absolute Gasteiger partial charge is 0.351 e. The second kappa shape index (κ2) is 7.79. The maximum Gasteiger partial charge on any atom is 0.351 e. The Labute approximate surface area is 175 Å². The lowest BCUT2D eigenvalue weighted by molar-refractivity contribution is -0.384. The summed E-state index contributed by atoms with van der Waals surface area (Å²) in [5, 5.41) is 10.9. The molecule has 8 heteroatoms. The van der Waals surface area contributed by atoms with Crippen LogP contribution in [-0.2, 0) is 11.2 Å². The van der Waals surface area contributed by atoms with Crippen LogP contribution in [0.1, 0.15) is 43.5 Å². The number of carbonyl (C=O) groups excluding carboxylic acids is 2. The van der Waals surface area contributed by atoms with Crippen molar-refractivity contribution < 1.29 is 23.6 Å². The lowest BCUT2D eigenvalue weighted by Gasteiger charge is -2.16. The van der Waals surface area contributed by atoms with Gasteiger partial charge < -0.3 is 4.74 Å². The molecule has 1 atom stereocenters. The summed E-state index contributed by atoms with van der Waals surface area (Å²) in [6.07, 6.45) is 0.640. The van der Waals surface area contributed by atoms with Gasteiger partial charge in [0.15, 0.2) is 11.6 Å². The summed E-state index contributed by atoms with van der Waals surface area (Å²) >= 11 is 1.03. The molecular formula is C22H16FNO5S. The Bertz CT molecular complexity index is 1170. The Morgan fingerprint density at radius 2 is 1.87 bits per heavy atom. The van der Waals surface area contributed by atoms with E-state index in [4.69, 9.17) is 0 Å². The highest BCUT2D eigenvalue weighted by Crippen LogP contribution is 2.45. The zero-order chi connectivity index (χ0) is 21.4. The fourth-order valence-corrected chi connectivity index (χ4v) is 4.98. The van der Waals surface area contributed by atoms with E-state index in [0.29, 0.717) is 28.0 Å². The highest BCUT2D eigenvalue weighted by Gasteiger charge is 2.33. The van der Waals surface area contributed by atoms with Gasteiger partial charge in [-0.15, -0.1) is 11.3 Å². The highest BCUT2D eigenvalue weighted by atomic mass is 32.1. The van der Waals surface area contributed by atoms with E-state index in [1.54, 1.807) is 6.07 Å². The number of rotatable bonds is 4. The third kappa shape index (κ3) is 3.29. The molecule has 0 fully saturated rings. The van der Waals surface area contributed by atoms with Gasteiger partial charge >= 0.3 is 5.97 Å². The molecule has 1 aliphatic rings. The van der Waals surface area contributed by atoms with Crippen LogP contribution in [0, 0.1) is 15.9 Å². The number of halogens is 1. The zero-order valence-electron chi connectivity index (χ0n) is 15.9. The van der Waals surface area contributed by atoms with E-state index >= 15 is 0 Å². The molecular weight excluding hydrogens is 409 g/mol. The third-order valence-electron chi connectivity index (χ3n) is 5.26. The average Bonchev–Trinajstić information content (AvgIpc) is 3.00. The summed E-state index contributed by atoms with van der Waals surface area (Å²) in [6.45, 7) is 0. The molecule has 1 aliphatic carbocycles. The number of ketones is 1. The van der Waals surface area contributed by atoms with Crippen LogP contribution in [0.25, 0.3) is 10.4 Å². The van der Waals surface area contributed by atoms with Gasteiger partial charge in [-0.1, -0.05) is 24.3 Å². The molecule has 4 rings (SSSR count). The summed E-state index contributed by atoms with van der Waals surface area (Å²) in [5.74, 6) is -2.02. The first-order valence-electron chi connectivity index (χ1n) is 9.19. The molecule has 3 aromatic rings. The van der Waals surface area contributed by atoms with Crippen molar-refractivity contribution >= 4 is 28.8 Å². The molecule has 6 nitrogen and oxygen atoms in total. The Balaban J connectivity index is 1.77. The average molecular weight is 425 g/mol. The number of hydrogen-bond acceptors (Lipinski definition) is 6. The van der Waals surface area contributed by atoms with Gasteiger partial charge in [0.1, 0.15) is 4.88 Å². The first kappa shape index (κ1) is 19.9. The molecule has 0 spiro atoms. The summed E-state index contributed by atoms with van der Waals surface area (Å²) in [4.78, 5) is 36.1. The van der Waals surface area contributed by atoms with Crippen molar-refractivity contribution in [1.82, 2.24) is 0 Å². The fraction of sp³-hybridized carbons (Fsp3) is 0.182. The number of hydrogen-bond donors (Lipinski definition) is 0. The minimum absolute atomic E-state index is 0.0718. The molecule has 1 aromatic heterocycles. The van der Waals surface area contributed by atoms with Crippen LogP contribution in [0.3, 0.4) is 0 Å². The minimum Gasteiger partial charge on any atom is -0.465 e. The van der Waals surface area contributed by atoms with Crippen LogP contribution >= 0.6 is 11.3 Å². The van der Waals surface area contributed by atoms with Crippen LogP contribution in [0.5, 0.6) is 0 Å². The summed E-state index contributed by atoms with van der Waals surface area (Å²) in [7, 11) is 1.21. The van der Waals surface area contributed by atoms with Gasteiger partial charge in [0.05, 0.1) is 12.0 Å². The molecule has 0 saturated carbocycles. The van der Waals surface area contributed by atoms with Crippen LogP contribution in [-0.4, -0.2) is 23.8 Å². The van der Waals surface area contributed by atoms with Gasteiger partial charge in [0, 0.05) is 34.1 Å². The number of fused-ring (bicyclic) bond motifs is 3. The maximum absolute atomic E-state index is 15.0. The van der Waals surface area contributed by atoms with Crippen molar-refractivity contribution in [2.75, 3.05) is 7.11 Å². The monoisotopic (exact) mass is 425 g/mol. The van der Waals surface area contributed by atoms with E-state index in [1.165, 1.54) is 31.4 Å². The number of benzene rings is 2. The molecule has 0 amide bonds. The highest BCUT2D eigenvalue weighted by molar-refractivity contribution is 7.17. The summed E-state index contributed by atoms with van der Waals surface area (Å²) < 4.78 is 19.6. The number of non-ortho nitro benzene ring substituents is 1. The van der Waals surface area contributed by atoms with Gasteiger partial charge in [0.25, 0.3) is 5.69 Å². The second-order valence-corrected chi connectivity index (χ2v) is 7.91. The maximum atomic E-state index is 15.0. The van der Waals surface area contributed by atoms with Crippen molar-refractivity contribution in [1.29, 1.82) is 0 Å². The Kier molecular flexibility index (Phi) is 5.17. The molecule has 1 unspecified atom stereocenters. The first-order chi connectivity index (χ1) is 14.4. The number of ether oxygens (including phenoxy) is 1. The number of carbonyl (C=O) groups is 2. The van der Waals surface area contributed by atoms with Crippen molar-refractivity contribution in [3.63, 3.8) is 0 Å². The molecule has 0 N–H and O–H groups in total. The van der Waals surface area contributed by atoms with Crippen molar-refractivity contribution in [3.8, 4) is 10.4 Å². The predicted molar refractivity (Wildman–Crippen MR) is 110 cm³/mol. The minimum atomic E-state index is -0.721. The number of nitro groups is 1. The molecule has 0 saturated heterocycles. The predicted octanol–water partition coefficient (Wildman–Crippen LogP) is 5.16. The van der Waals surface area contributed by atoms with Crippen molar-refractivity contribution in [3.05, 3.63) is 86.0 Å². The largest absolute Gasteiger partial charge is 0.465 e. The van der Waals surface area contributed by atoms with Crippen LogP contribution < -0.4 is 0 Å². The van der Waals surface area contributed by atoms with Crippen LogP contribution in [0.4, 0.5) is 10.1 Å². The van der Waals surface area contributed by atoms with Crippen molar-refractivity contribution in [2.45, 2.75) is 18.8 Å². The van der Waals surface area contributed by atoms with E-state index < -0.39 is 22.6 Å². The number of Topliss-reactive ketones (excluding diaryl/α,β-unsaturated/α-hetero) is 1. The molecule has 2 aromatic carbocycles. The molecule has 0 aliphatic heterocycles. The lowest BCUT2D eigenvalue weighted by atomic mass is 9.86. The fourth-order valence-electron chi connectivity index (χ4n) is 3.78. The topological polar surface area (TPSA) is 86.5 Å². The first-order valence-corrected chi connectivity index (χ1v) is 10.0. The Morgan fingerprint density at radius 3 is 2.53 bits per heavy atom. The molecule has 30 heavy (non-hydrogen) atoms. The molecule has 0 radical (unpaired) electrons. The van der Waals surface area contributed by atoms with Crippen molar-refractivity contribution in [2.24, 2.45) is 0 Å². The summed E-state index contributed by atoms with van der Waals surface area (Å²) in [5.41, 5.74) is 2.14. The van der Waals surface area contributed by atoms with Gasteiger partial charge in [-0.3, -0.25) is 14.9 Å². The third-order valence-corrected chi connectivity index (χ3v) is 6.48. The number of esters is 1. The van der Waals surface area contributed by atoms with E-state index in [2.05, 4.69) is 4.74 Å². The number of methoxy groups -OCH3 is 1. The van der Waals surface area contributed by atoms with Gasteiger partial charge in [-0.25, -0.2) is 9.18 Å². The number of thiophene rings is 1. The number of nitrogens with zero attached hydrogens (tertiary/aromatic N) is 1. The second-order valence-electron chi connectivity index (χ2n) is 6.89. The quantitative estimate of drug-likeness (QED) is 0.249. The van der Waals surface area contributed by atoms with E-state index in [9.17, 15) is 24.1 Å². The van der Waals surface area contributed by atoms with E-state index in [-0.39, 0.29) is 22.8 Å². The number of nitro benzene ring substituents is 1. The zero-order valence-corrected chi connectivity index (χ0v) is 16.7. The normalized spacial score (nSPS) is 14.9. The van der Waals surface area contributed by atoms with Crippen LogP contribution in [0.2, 0.25) is 0 Å². The standard InChI is InChI=1S/C22H16FNO5S/c1-29-22(26)21-18(23)17-11-10-15(14-4-2-3-5-16(14)20(17)30-21)19(25)12-6-8-13(9-7-12)24(27)28/h2-9,15H,10-11H2,1H3. The molecule has 1 heterocycles. The Hall–Kier alpha value is -3.39. The van der Waals surface area contributed by atoms with Gasteiger partial charge in [0.2, 0.25) is 0 Å². The van der Waals surface area contributed by atoms with E-state index in [1.807, 2.05) is 18.2 Å². The van der Waals surface area contributed by atoms with Crippen LogP contribution in [0.15, 0.2) is 48.5 Å². The Morgan fingerprint density at radius 1 is 1.17 bits per heavy atom.